The third kappa shape index (κ3) is 5.82. The molecule has 192 valence electrons. The molecule has 1 amide bonds. The first-order valence-corrected chi connectivity index (χ1v) is 12.7. The lowest BCUT2D eigenvalue weighted by atomic mass is 10.1. The molecule has 1 heterocycles. The summed E-state index contributed by atoms with van der Waals surface area (Å²) >= 11 is 0. The number of nitrogens with zero attached hydrogens (tertiary/aromatic N) is 3. The molecule has 1 aromatic heterocycles. The highest BCUT2D eigenvalue weighted by Crippen LogP contribution is 2.28. The molecule has 3 aromatic carbocycles. The Hall–Kier alpha value is -4.13. The van der Waals surface area contributed by atoms with E-state index in [1.54, 1.807) is 22.6 Å². The molecule has 0 radical (unpaired) electrons. The number of aromatic nitrogens is 2. The van der Waals surface area contributed by atoms with Gasteiger partial charge >= 0.3 is 0 Å². The second-order valence-electron chi connectivity index (χ2n) is 8.87. The lowest BCUT2D eigenvalue weighted by Crippen LogP contribution is -2.40. The summed E-state index contributed by atoms with van der Waals surface area (Å²) in [5.74, 6) is 1.48. The lowest BCUT2D eigenvalue weighted by Gasteiger charge is -2.31. The van der Waals surface area contributed by atoms with Crippen molar-refractivity contribution in [2.45, 2.75) is 39.2 Å². The number of unbranched alkanes of at least 4 members (excludes halogenated alkanes) is 2. The third-order valence-corrected chi connectivity index (χ3v) is 6.40. The summed E-state index contributed by atoms with van der Waals surface area (Å²) < 4.78 is 12.9. The van der Waals surface area contributed by atoms with Gasteiger partial charge in [-0.3, -0.25) is 14.2 Å². The molecule has 0 spiro atoms. The van der Waals surface area contributed by atoms with Gasteiger partial charge in [0.1, 0.15) is 17.3 Å². The quantitative estimate of drug-likeness (QED) is 0.253. The molecular formula is C30H33N3O4. The highest BCUT2D eigenvalue weighted by molar-refractivity contribution is 5.79. The van der Waals surface area contributed by atoms with Crippen LogP contribution in [0.5, 0.6) is 11.5 Å². The Morgan fingerprint density at radius 3 is 2.43 bits per heavy atom. The second-order valence-corrected chi connectivity index (χ2v) is 8.87. The molecule has 0 bridgehead atoms. The van der Waals surface area contributed by atoms with E-state index in [0.29, 0.717) is 40.5 Å². The van der Waals surface area contributed by atoms with Crippen LogP contribution in [0.25, 0.3) is 16.6 Å². The van der Waals surface area contributed by atoms with Crippen molar-refractivity contribution in [3.05, 3.63) is 95.0 Å². The molecule has 0 aliphatic carbocycles. The topological polar surface area (TPSA) is 73.7 Å². The molecule has 4 rings (SSSR count). The summed E-state index contributed by atoms with van der Waals surface area (Å²) in [7, 11) is 1.57. The van der Waals surface area contributed by atoms with Crippen molar-refractivity contribution >= 4 is 16.8 Å². The molecule has 0 aliphatic rings. The van der Waals surface area contributed by atoms with Crippen LogP contribution in [0.2, 0.25) is 0 Å². The number of carbonyl (C=O) groups is 1. The molecule has 4 aromatic rings. The molecule has 0 saturated heterocycles. The van der Waals surface area contributed by atoms with E-state index in [0.717, 1.165) is 19.3 Å². The summed E-state index contributed by atoms with van der Waals surface area (Å²) in [4.78, 5) is 34.0. The highest BCUT2D eigenvalue weighted by Gasteiger charge is 2.27. The van der Waals surface area contributed by atoms with Gasteiger partial charge in [-0.1, -0.05) is 62.2 Å². The van der Waals surface area contributed by atoms with E-state index in [1.165, 1.54) is 0 Å². The molecule has 1 unspecified atom stereocenters. The van der Waals surface area contributed by atoms with Gasteiger partial charge in [0.2, 0.25) is 0 Å². The van der Waals surface area contributed by atoms with Gasteiger partial charge in [0, 0.05) is 6.54 Å². The van der Waals surface area contributed by atoms with E-state index >= 15 is 0 Å². The standard InChI is InChI=1S/C30H33N3O4/c1-4-5-13-20-32(28(34)21-37-23-14-7-6-8-15-23)22(2)29-31-25-17-10-9-16-24(25)30(35)33(29)26-18-11-12-19-27(26)36-3/h6-12,14-19,22H,4-5,13,20-21H2,1-3H3. The molecule has 0 saturated carbocycles. The van der Waals surface area contributed by atoms with Crippen molar-refractivity contribution in [2.75, 3.05) is 20.3 Å². The molecule has 0 aliphatic heterocycles. The Kier molecular flexibility index (Phi) is 8.56. The number of para-hydroxylation sites is 4. The summed E-state index contributed by atoms with van der Waals surface area (Å²) in [5, 5.41) is 0.501. The van der Waals surface area contributed by atoms with E-state index in [9.17, 15) is 9.59 Å². The smallest absolute Gasteiger partial charge is 0.266 e. The number of hydrogen-bond donors (Lipinski definition) is 0. The van der Waals surface area contributed by atoms with Crippen molar-refractivity contribution in [3.63, 3.8) is 0 Å². The van der Waals surface area contributed by atoms with Gasteiger partial charge in [-0.2, -0.15) is 0 Å². The van der Waals surface area contributed by atoms with Gasteiger partial charge < -0.3 is 14.4 Å². The number of carbonyl (C=O) groups excluding carboxylic acids is 1. The summed E-state index contributed by atoms with van der Waals surface area (Å²) in [6.07, 6.45) is 2.85. The number of fused-ring (bicyclic) bond motifs is 1. The van der Waals surface area contributed by atoms with E-state index in [-0.39, 0.29) is 18.1 Å². The van der Waals surface area contributed by atoms with Crippen molar-refractivity contribution in [1.82, 2.24) is 14.5 Å². The van der Waals surface area contributed by atoms with Crippen molar-refractivity contribution < 1.29 is 14.3 Å². The molecule has 1 atom stereocenters. The van der Waals surface area contributed by atoms with Crippen molar-refractivity contribution in [2.24, 2.45) is 0 Å². The van der Waals surface area contributed by atoms with Crippen LogP contribution < -0.4 is 15.0 Å². The van der Waals surface area contributed by atoms with Crippen molar-refractivity contribution in [1.29, 1.82) is 0 Å². The van der Waals surface area contributed by atoms with Crippen LogP contribution in [0.15, 0.2) is 83.7 Å². The normalized spacial score (nSPS) is 11.8. The van der Waals surface area contributed by atoms with Crippen LogP contribution in [0.1, 0.15) is 45.0 Å². The Morgan fingerprint density at radius 1 is 0.973 bits per heavy atom. The molecule has 0 N–H and O–H groups in total. The van der Waals surface area contributed by atoms with Gasteiger partial charge in [-0.25, -0.2) is 4.98 Å². The molecule has 7 heteroatoms. The maximum atomic E-state index is 13.8. The predicted octanol–water partition coefficient (Wildman–Crippen LogP) is 5.55. The first kappa shape index (κ1) is 25.9. The first-order valence-electron chi connectivity index (χ1n) is 12.7. The number of benzene rings is 3. The minimum atomic E-state index is -0.494. The molecular weight excluding hydrogens is 466 g/mol. The van der Waals surface area contributed by atoms with Gasteiger partial charge in [0.15, 0.2) is 6.61 Å². The number of ether oxygens (including phenoxy) is 2. The lowest BCUT2D eigenvalue weighted by molar-refractivity contribution is -0.135. The van der Waals surface area contributed by atoms with Gasteiger partial charge in [-0.05, 0) is 49.7 Å². The molecule has 7 nitrogen and oxygen atoms in total. The third-order valence-electron chi connectivity index (χ3n) is 6.40. The van der Waals surface area contributed by atoms with Gasteiger partial charge in [0.05, 0.1) is 29.7 Å². The Labute approximate surface area is 217 Å². The molecule has 0 fully saturated rings. The second kappa shape index (κ2) is 12.2. The Morgan fingerprint density at radius 2 is 1.68 bits per heavy atom. The largest absolute Gasteiger partial charge is 0.495 e. The maximum Gasteiger partial charge on any atom is 0.266 e. The molecule has 37 heavy (non-hydrogen) atoms. The number of hydrogen-bond acceptors (Lipinski definition) is 5. The minimum absolute atomic E-state index is 0.104. The zero-order valence-corrected chi connectivity index (χ0v) is 21.6. The summed E-state index contributed by atoms with van der Waals surface area (Å²) in [5.41, 5.74) is 0.956. The fourth-order valence-electron chi connectivity index (χ4n) is 4.43. The zero-order chi connectivity index (χ0) is 26.2. The first-order chi connectivity index (χ1) is 18.0. The highest BCUT2D eigenvalue weighted by atomic mass is 16.5. The van der Waals surface area contributed by atoms with Crippen LogP contribution in [0.4, 0.5) is 0 Å². The zero-order valence-electron chi connectivity index (χ0n) is 21.6. The van der Waals surface area contributed by atoms with Crippen LogP contribution in [0.3, 0.4) is 0 Å². The fraction of sp³-hybridized carbons (Fsp3) is 0.300. The minimum Gasteiger partial charge on any atom is -0.495 e. The van der Waals surface area contributed by atoms with E-state index in [1.807, 2.05) is 79.7 Å². The van der Waals surface area contributed by atoms with Gasteiger partial charge in [0.25, 0.3) is 11.5 Å². The number of methoxy groups -OCH3 is 1. The maximum absolute atomic E-state index is 13.8. The SMILES string of the molecule is CCCCCN(C(=O)COc1ccccc1)C(C)c1nc2ccccc2c(=O)n1-c1ccccc1OC. The number of rotatable bonds is 11. The number of amides is 1. The van der Waals surface area contributed by atoms with Gasteiger partial charge in [-0.15, -0.1) is 0 Å². The summed E-state index contributed by atoms with van der Waals surface area (Å²) in [6, 6.07) is 23.4. The van der Waals surface area contributed by atoms with E-state index in [4.69, 9.17) is 14.5 Å². The Balaban J connectivity index is 1.79. The average molecular weight is 500 g/mol. The fourth-order valence-corrected chi connectivity index (χ4v) is 4.43. The Bertz CT molecular complexity index is 1400. The predicted molar refractivity (Wildman–Crippen MR) is 145 cm³/mol. The van der Waals surface area contributed by atoms with Crippen LogP contribution in [0, 0.1) is 0 Å². The van der Waals surface area contributed by atoms with Crippen LogP contribution in [-0.2, 0) is 4.79 Å². The van der Waals surface area contributed by atoms with Crippen LogP contribution >= 0.6 is 0 Å². The van der Waals surface area contributed by atoms with E-state index in [2.05, 4.69) is 6.92 Å². The van der Waals surface area contributed by atoms with E-state index < -0.39 is 6.04 Å². The monoisotopic (exact) mass is 499 g/mol. The van der Waals surface area contributed by atoms with Crippen molar-refractivity contribution in [3.8, 4) is 17.2 Å². The van der Waals surface area contributed by atoms with Crippen LogP contribution in [-0.4, -0.2) is 40.6 Å². The summed E-state index contributed by atoms with van der Waals surface area (Å²) in [6.45, 7) is 4.46. The average Bonchev–Trinajstić information content (AvgIpc) is 2.94.